The first-order valence-corrected chi connectivity index (χ1v) is 7.02. The van der Waals surface area contributed by atoms with Gasteiger partial charge in [0, 0.05) is 7.94 Å². The Morgan fingerprint density at radius 3 is 1.44 bits per heavy atom. The van der Waals surface area contributed by atoms with Gasteiger partial charge in [-0.05, 0) is 5.04 Å². The third kappa shape index (κ3) is 2.17. The first kappa shape index (κ1) is 9.28. The molecule has 0 rings (SSSR count). The van der Waals surface area contributed by atoms with Crippen molar-refractivity contribution in [2.24, 2.45) is 0 Å². The number of rotatable bonds is 1. The third-order valence-electron chi connectivity index (χ3n) is 2.91. The summed E-state index contributed by atoms with van der Waals surface area (Å²) in [7, 11) is -0.879. The first-order valence-electron chi connectivity index (χ1n) is 3.81. The summed E-state index contributed by atoms with van der Waals surface area (Å²) >= 11 is 0. The molecule has 0 N–H and O–H groups in total. The van der Waals surface area contributed by atoms with Crippen molar-refractivity contribution in [3.05, 3.63) is 0 Å². The van der Waals surface area contributed by atoms with Crippen molar-refractivity contribution in [1.82, 2.24) is 0 Å². The van der Waals surface area contributed by atoms with Crippen LogP contribution in [0.4, 0.5) is 0 Å². The van der Waals surface area contributed by atoms with Gasteiger partial charge in [0.25, 0.3) is 0 Å². The Kier molecular flexibility index (Phi) is 2.57. The predicted octanol–water partition coefficient (Wildman–Crippen LogP) is 2.48. The monoisotopic (exact) mass is 142 g/mol. The fourth-order valence-electron chi connectivity index (χ4n) is 0.530. The zero-order valence-corrected chi connectivity index (χ0v) is 8.71. The van der Waals surface area contributed by atoms with E-state index in [1.54, 1.807) is 0 Å². The van der Waals surface area contributed by atoms with E-state index in [9.17, 15) is 0 Å². The molecule has 0 saturated heterocycles. The molecule has 0 spiro atoms. The Morgan fingerprint density at radius 1 is 1.11 bits per heavy atom. The molecule has 0 aliphatic rings. The topological polar surface area (TPSA) is 0 Å². The molecule has 2 heteroatoms. The van der Waals surface area contributed by atoms with Crippen molar-refractivity contribution in [3.8, 4) is 0 Å². The molecule has 0 unspecified atom stereocenters. The molecule has 0 aliphatic carbocycles. The SMILES string of the molecule is CB[Si](C)(C)C(C)(C)C. The zero-order valence-electron chi connectivity index (χ0n) is 7.71. The lowest BCUT2D eigenvalue weighted by Gasteiger charge is -2.35. The van der Waals surface area contributed by atoms with Crippen molar-refractivity contribution in [1.29, 1.82) is 0 Å². The lowest BCUT2D eigenvalue weighted by atomic mass is 10.2. The molecule has 0 aromatic carbocycles. The Morgan fingerprint density at radius 2 is 1.44 bits per heavy atom. The maximum atomic E-state index is 2.47. The van der Waals surface area contributed by atoms with E-state index in [4.69, 9.17) is 0 Å². The molecule has 0 amide bonds. The molecule has 0 saturated carbocycles. The van der Waals surface area contributed by atoms with Gasteiger partial charge in [0.1, 0.15) is 6.87 Å². The van der Waals surface area contributed by atoms with Crippen LogP contribution in [0.25, 0.3) is 0 Å². The van der Waals surface area contributed by atoms with E-state index in [-0.39, 0.29) is 0 Å². The quantitative estimate of drug-likeness (QED) is 0.493. The van der Waals surface area contributed by atoms with Crippen molar-refractivity contribution in [3.63, 3.8) is 0 Å². The van der Waals surface area contributed by atoms with E-state index in [1.165, 1.54) is 6.87 Å². The fraction of sp³-hybridized carbons (Fsp3) is 1.00. The molecule has 0 nitrogen and oxygen atoms in total. The molecule has 0 aromatic heterocycles. The van der Waals surface area contributed by atoms with Crippen LogP contribution in [0.3, 0.4) is 0 Å². The average Bonchev–Trinajstić information content (AvgIpc) is 1.64. The summed E-state index contributed by atoms with van der Waals surface area (Å²) in [6.45, 7) is 15.7. The lowest BCUT2D eigenvalue weighted by Crippen LogP contribution is -2.42. The van der Waals surface area contributed by atoms with Crippen LogP contribution in [0, 0.1) is 0 Å². The molecule has 0 radical (unpaired) electrons. The standard InChI is InChI=1S/C7H19BSi/c1-7(2,3)9(5,6)8-4/h8H,1-6H3. The van der Waals surface area contributed by atoms with E-state index in [0.29, 0.717) is 5.04 Å². The molecule has 0 atom stereocenters. The summed E-state index contributed by atoms with van der Waals surface area (Å²) in [5.74, 6) is 0. The molecule has 0 bridgehead atoms. The van der Waals surface area contributed by atoms with Gasteiger partial charge < -0.3 is 0 Å². The summed E-state index contributed by atoms with van der Waals surface area (Å²) in [6, 6.07) is 0. The van der Waals surface area contributed by atoms with Gasteiger partial charge in [-0.25, -0.2) is 0 Å². The predicted molar refractivity (Wildman–Crippen MR) is 50.2 cm³/mol. The molecule has 54 valence electrons. The average molecular weight is 142 g/mol. The van der Waals surface area contributed by atoms with E-state index >= 15 is 0 Å². The molecule has 0 fully saturated rings. The second-order valence-electron chi connectivity index (χ2n) is 4.49. The summed E-state index contributed by atoms with van der Waals surface area (Å²) in [4.78, 5) is 0. The van der Waals surface area contributed by atoms with Crippen LogP contribution in [0.2, 0.25) is 25.0 Å². The summed E-state index contributed by atoms with van der Waals surface area (Å²) in [5.41, 5.74) is 0. The van der Waals surface area contributed by atoms with Gasteiger partial charge in [0.2, 0.25) is 0 Å². The smallest absolute Gasteiger partial charge is 0.0913 e. The fourth-order valence-corrected chi connectivity index (χ4v) is 1.59. The van der Waals surface area contributed by atoms with Gasteiger partial charge in [0.15, 0.2) is 0 Å². The molecular weight excluding hydrogens is 123 g/mol. The van der Waals surface area contributed by atoms with Crippen LogP contribution in [0.1, 0.15) is 20.8 Å². The van der Waals surface area contributed by atoms with Crippen LogP contribution in [0.15, 0.2) is 0 Å². The largest absolute Gasteiger partial charge is 0.113 e. The van der Waals surface area contributed by atoms with Crippen LogP contribution in [-0.4, -0.2) is 14.8 Å². The molecule has 0 heterocycles. The van der Waals surface area contributed by atoms with E-state index < -0.39 is 7.94 Å². The summed E-state index contributed by atoms with van der Waals surface area (Å²) < 4.78 is 0. The minimum Gasteiger partial charge on any atom is -0.0913 e. The van der Waals surface area contributed by atoms with Gasteiger partial charge in [-0.15, -0.1) is 0 Å². The van der Waals surface area contributed by atoms with E-state index in [1.807, 2.05) is 0 Å². The van der Waals surface area contributed by atoms with Crippen molar-refractivity contribution in [2.45, 2.75) is 45.7 Å². The van der Waals surface area contributed by atoms with E-state index in [0.717, 1.165) is 0 Å². The first-order chi connectivity index (χ1) is 3.81. The highest BCUT2D eigenvalue weighted by atomic mass is 28.3. The second-order valence-corrected chi connectivity index (χ2v) is 10.5. The van der Waals surface area contributed by atoms with Gasteiger partial charge in [-0.3, -0.25) is 0 Å². The van der Waals surface area contributed by atoms with Gasteiger partial charge in [-0.1, -0.05) is 40.7 Å². The summed E-state index contributed by atoms with van der Waals surface area (Å²) in [6.07, 6.45) is 0. The Bertz CT molecular complexity index is 91.6. The molecule has 0 aliphatic heterocycles. The minimum absolute atomic E-state index is 0.585. The zero-order chi connectivity index (χ0) is 7.71. The van der Waals surface area contributed by atoms with Crippen LogP contribution >= 0.6 is 0 Å². The maximum Gasteiger partial charge on any atom is 0.113 e. The Balaban J connectivity index is 4.14. The minimum atomic E-state index is -0.879. The highest BCUT2D eigenvalue weighted by Crippen LogP contribution is 2.34. The lowest BCUT2D eigenvalue weighted by molar-refractivity contribution is 0.734. The Hall–Kier alpha value is 0.282. The highest BCUT2D eigenvalue weighted by molar-refractivity contribution is 7.24. The van der Waals surface area contributed by atoms with Crippen molar-refractivity contribution in [2.75, 3.05) is 0 Å². The second kappa shape index (κ2) is 2.49. The van der Waals surface area contributed by atoms with Gasteiger partial charge in [0.05, 0.1) is 0 Å². The third-order valence-corrected chi connectivity index (χ3v) is 8.74. The molecular formula is C7H19BSi. The van der Waals surface area contributed by atoms with Crippen LogP contribution < -0.4 is 0 Å². The van der Waals surface area contributed by atoms with Gasteiger partial charge >= 0.3 is 0 Å². The summed E-state index contributed by atoms with van der Waals surface area (Å²) in [5, 5.41) is 0.585. The highest BCUT2D eigenvalue weighted by Gasteiger charge is 2.32. The maximum absolute atomic E-state index is 2.47. The normalized spacial score (nSPS) is 13.6. The van der Waals surface area contributed by atoms with Crippen LogP contribution in [-0.2, 0) is 0 Å². The van der Waals surface area contributed by atoms with Gasteiger partial charge in [-0.2, -0.15) is 0 Å². The van der Waals surface area contributed by atoms with E-state index in [2.05, 4.69) is 40.7 Å². The van der Waals surface area contributed by atoms with Crippen molar-refractivity contribution < 1.29 is 0 Å². The molecule has 9 heavy (non-hydrogen) atoms. The van der Waals surface area contributed by atoms with Crippen LogP contribution in [0.5, 0.6) is 0 Å². The Labute approximate surface area is 61.2 Å². The number of hydrogen-bond donors (Lipinski definition) is 0. The van der Waals surface area contributed by atoms with Crippen molar-refractivity contribution >= 4 is 14.8 Å². The number of hydrogen-bond acceptors (Lipinski definition) is 0. The molecule has 0 aromatic rings.